The van der Waals surface area contributed by atoms with Crippen molar-refractivity contribution in [2.24, 2.45) is 0 Å². The van der Waals surface area contributed by atoms with E-state index in [1.807, 2.05) is 0 Å². The zero-order chi connectivity index (χ0) is 14.3. The lowest BCUT2D eigenvalue weighted by Crippen LogP contribution is -2.36. The molecule has 1 fully saturated rings. The summed E-state index contributed by atoms with van der Waals surface area (Å²) in [5, 5.41) is 0. The molecule has 0 bridgehead atoms. The summed E-state index contributed by atoms with van der Waals surface area (Å²) >= 11 is 0. The number of unbranched alkanes of at least 4 members (excludes halogenated alkanes) is 11. The monoisotopic (exact) mass is 428 g/mol. The van der Waals surface area contributed by atoms with E-state index >= 15 is 0 Å². The Morgan fingerprint density at radius 2 is 1.09 bits per heavy atom. The average Bonchev–Trinajstić information content (AvgIpc) is 2.49. The van der Waals surface area contributed by atoms with Crippen LogP contribution in [-0.2, 0) is 4.74 Å². The highest BCUT2D eigenvalue weighted by Crippen LogP contribution is 2.12. The molecule has 0 saturated carbocycles. The highest BCUT2D eigenvalue weighted by molar-refractivity contribution is 14.0. The van der Waals surface area contributed by atoms with Crippen molar-refractivity contribution in [3.63, 3.8) is 0 Å². The quantitative estimate of drug-likeness (QED) is 0.298. The van der Waals surface area contributed by atoms with Crippen molar-refractivity contribution in [1.82, 2.24) is 11.1 Å². The molecule has 0 aromatic heterocycles. The second kappa shape index (κ2) is 19.7. The Morgan fingerprint density at radius 1 is 0.682 bits per heavy atom. The van der Waals surface area contributed by atoms with Crippen LogP contribution in [0.2, 0.25) is 0 Å². The molecule has 1 aliphatic heterocycles. The van der Waals surface area contributed by atoms with Gasteiger partial charge in [0.2, 0.25) is 0 Å². The summed E-state index contributed by atoms with van der Waals surface area (Å²) < 4.78 is 5.37. The minimum absolute atomic E-state index is 0. The van der Waals surface area contributed by atoms with Crippen LogP contribution in [0.4, 0.5) is 0 Å². The van der Waals surface area contributed by atoms with Gasteiger partial charge in [-0.3, -0.25) is 4.90 Å². The third-order valence-corrected chi connectivity index (χ3v) is 4.43. The normalized spacial score (nSPS) is 15.1. The van der Waals surface area contributed by atoms with Crippen LogP contribution in [0.1, 0.15) is 84.0 Å². The third-order valence-electron chi connectivity index (χ3n) is 4.43. The number of halogens is 1. The van der Waals surface area contributed by atoms with E-state index in [0.717, 1.165) is 26.3 Å². The molecule has 0 atom stereocenters. The lowest BCUT2D eigenvalue weighted by molar-refractivity contribution is 0.0371. The molecule has 3 N–H and O–H groups in total. The van der Waals surface area contributed by atoms with Gasteiger partial charge in [0.05, 0.1) is 13.2 Å². The highest BCUT2D eigenvalue weighted by Gasteiger charge is 2.08. The Kier molecular flexibility index (Phi) is 22.2. The van der Waals surface area contributed by atoms with Gasteiger partial charge in [0.15, 0.2) is 0 Å². The summed E-state index contributed by atoms with van der Waals surface area (Å²) in [5.74, 6) is 0. The fraction of sp³-hybridized carbons (Fsp3) is 1.00. The molecule has 0 spiro atoms. The zero-order valence-electron chi connectivity index (χ0n) is 15.0. The van der Waals surface area contributed by atoms with Crippen LogP contribution in [0.3, 0.4) is 0 Å². The second-order valence-electron chi connectivity index (χ2n) is 6.34. The van der Waals surface area contributed by atoms with E-state index in [9.17, 15) is 0 Å². The first-order valence-corrected chi connectivity index (χ1v) is 9.23. The molecule has 22 heavy (non-hydrogen) atoms. The van der Waals surface area contributed by atoms with E-state index in [1.165, 1.54) is 83.6 Å². The first-order valence-electron chi connectivity index (χ1n) is 9.23. The van der Waals surface area contributed by atoms with Crippen molar-refractivity contribution >= 4 is 24.0 Å². The molecule has 1 saturated heterocycles. The van der Waals surface area contributed by atoms with Crippen LogP contribution in [-0.4, -0.2) is 37.7 Å². The van der Waals surface area contributed by atoms with E-state index in [0.29, 0.717) is 0 Å². The first kappa shape index (κ1) is 24.9. The average molecular weight is 428 g/mol. The minimum Gasteiger partial charge on any atom is -0.379 e. The molecule has 1 aliphatic rings. The lowest BCUT2D eigenvalue weighted by atomic mass is 10.1. The fourth-order valence-corrected chi connectivity index (χ4v) is 3.00. The van der Waals surface area contributed by atoms with E-state index in [-0.39, 0.29) is 30.1 Å². The molecular formula is C18H41IN2O. The highest BCUT2D eigenvalue weighted by atomic mass is 127. The molecule has 3 nitrogen and oxygen atoms in total. The van der Waals surface area contributed by atoms with Gasteiger partial charge in [-0.05, 0) is 13.0 Å². The Hall–Kier alpha value is 0.610. The van der Waals surface area contributed by atoms with Crippen molar-refractivity contribution in [2.45, 2.75) is 84.0 Å². The van der Waals surface area contributed by atoms with Crippen LogP contribution < -0.4 is 6.15 Å². The summed E-state index contributed by atoms with van der Waals surface area (Å²) in [6, 6.07) is 0. The van der Waals surface area contributed by atoms with Crippen molar-refractivity contribution < 1.29 is 4.74 Å². The van der Waals surface area contributed by atoms with Crippen LogP contribution in [0.25, 0.3) is 0 Å². The summed E-state index contributed by atoms with van der Waals surface area (Å²) in [5.41, 5.74) is 0. The van der Waals surface area contributed by atoms with Crippen molar-refractivity contribution in [3.8, 4) is 0 Å². The predicted molar refractivity (Wildman–Crippen MR) is 109 cm³/mol. The van der Waals surface area contributed by atoms with Crippen molar-refractivity contribution in [1.29, 1.82) is 0 Å². The van der Waals surface area contributed by atoms with Gasteiger partial charge in [0, 0.05) is 13.1 Å². The molecule has 4 heteroatoms. The van der Waals surface area contributed by atoms with Crippen LogP contribution in [0.15, 0.2) is 0 Å². The SMILES string of the molecule is CCCCCCCCCCCCCCN1CCOCC1.I.N. The number of rotatable bonds is 13. The Morgan fingerprint density at radius 3 is 1.55 bits per heavy atom. The molecule has 0 aromatic rings. The molecule has 1 heterocycles. The van der Waals surface area contributed by atoms with Crippen molar-refractivity contribution in [3.05, 3.63) is 0 Å². The van der Waals surface area contributed by atoms with E-state index < -0.39 is 0 Å². The molecule has 136 valence electrons. The fourth-order valence-electron chi connectivity index (χ4n) is 3.00. The molecule has 0 aliphatic carbocycles. The van der Waals surface area contributed by atoms with Gasteiger partial charge in [-0.1, -0.05) is 77.6 Å². The van der Waals surface area contributed by atoms with E-state index in [2.05, 4.69) is 11.8 Å². The van der Waals surface area contributed by atoms with E-state index in [4.69, 9.17) is 4.74 Å². The van der Waals surface area contributed by atoms with E-state index in [1.54, 1.807) is 0 Å². The maximum Gasteiger partial charge on any atom is 0.0594 e. The molecule has 0 aromatic carbocycles. The number of ether oxygens (including phenoxy) is 1. The first-order chi connectivity index (χ1) is 9.93. The summed E-state index contributed by atoms with van der Waals surface area (Å²) in [6.07, 6.45) is 17.3. The van der Waals surface area contributed by atoms with Crippen LogP contribution in [0.5, 0.6) is 0 Å². The third kappa shape index (κ3) is 15.5. The van der Waals surface area contributed by atoms with Gasteiger partial charge in [-0.2, -0.15) is 0 Å². The molecule has 0 amide bonds. The van der Waals surface area contributed by atoms with Gasteiger partial charge < -0.3 is 10.9 Å². The van der Waals surface area contributed by atoms with Crippen molar-refractivity contribution in [2.75, 3.05) is 32.8 Å². The zero-order valence-corrected chi connectivity index (χ0v) is 17.3. The second-order valence-corrected chi connectivity index (χ2v) is 6.34. The van der Waals surface area contributed by atoms with Gasteiger partial charge in [-0.25, -0.2) is 0 Å². The Bertz CT molecular complexity index is 200. The topological polar surface area (TPSA) is 47.5 Å². The molecular weight excluding hydrogens is 387 g/mol. The van der Waals surface area contributed by atoms with Gasteiger partial charge in [0.1, 0.15) is 0 Å². The lowest BCUT2D eigenvalue weighted by Gasteiger charge is -2.26. The van der Waals surface area contributed by atoms with Crippen LogP contribution >= 0.6 is 24.0 Å². The van der Waals surface area contributed by atoms with Gasteiger partial charge in [0.25, 0.3) is 0 Å². The Labute approximate surface area is 156 Å². The van der Waals surface area contributed by atoms with Gasteiger partial charge >= 0.3 is 0 Å². The summed E-state index contributed by atoms with van der Waals surface area (Å²) in [7, 11) is 0. The number of hydrogen-bond acceptors (Lipinski definition) is 3. The number of nitrogens with zero attached hydrogens (tertiary/aromatic N) is 1. The summed E-state index contributed by atoms with van der Waals surface area (Å²) in [6.45, 7) is 7.77. The number of hydrogen-bond donors (Lipinski definition) is 1. The summed E-state index contributed by atoms with van der Waals surface area (Å²) in [4.78, 5) is 2.56. The van der Waals surface area contributed by atoms with Gasteiger partial charge in [-0.15, -0.1) is 24.0 Å². The predicted octanol–water partition coefficient (Wildman–Crippen LogP) is 5.80. The minimum atomic E-state index is 0. The molecule has 1 rings (SSSR count). The Balaban J connectivity index is 0. The van der Waals surface area contributed by atoms with Crippen LogP contribution in [0, 0.1) is 0 Å². The molecule has 0 unspecified atom stereocenters. The molecule has 0 radical (unpaired) electrons. The largest absolute Gasteiger partial charge is 0.379 e. The maximum atomic E-state index is 5.37. The smallest absolute Gasteiger partial charge is 0.0594 e. The standard InChI is InChI=1S/C18H37NO.HI.H3N/c1-2-3-4-5-6-7-8-9-10-11-12-13-14-19-15-17-20-18-16-19;;/h2-18H2,1H3;1H;1H3. The number of morpholine rings is 1. The maximum absolute atomic E-state index is 5.37.